The normalized spacial score (nSPS) is 47.4. The molecule has 2 spiro atoms. The molecule has 0 radical (unpaired) electrons. The predicted octanol–water partition coefficient (Wildman–Crippen LogP) is 4.17. The van der Waals surface area contributed by atoms with Crippen LogP contribution in [-0.4, -0.2) is 73.5 Å². The molecule has 7 rings (SSSR count). The smallest absolute Gasteiger partial charge is 0.116 e. The highest BCUT2D eigenvalue weighted by atomic mass is 35.5. The van der Waals surface area contributed by atoms with Crippen LogP contribution in [0, 0.1) is 17.3 Å². The first-order chi connectivity index (χ1) is 17.1. The number of aliphatic hydroxyl groups is 2. The molecular formula is C29H36ClN3O3. The van der Waals surface area contributed by atoms with Crippen LogP contribution in [0.25, 0.3) is 16.5 Å². The molecule has 2 saturated carbocycles. The van der Waals surface area contributed by atoms with E-state index in [2.05, 4.69) is 41.2 Å². The number of rotatable bonds is 2. The summed E-state index contributed by atoms with van der Waals surface area (Å²) in [5, 5.41) is 23.3. The van der Waals surface area contributed by atoms with Gasteiger partial charge in [-0.25, -0.2) is 9.97 Å². The lowest BCUT2D eigenvalue weighted by molar-refractivity contribution is -0.276. The van der Waals surface area contributed by atoms with E-state index in [-0.39, 0.29) is 23.3 Å². The Labute approximate surface area is 217 Å². The molecule has 9 atom stereocenters. The van der Waals surface area contributed by atoms with Crippen molar-refractivity contribution in [1.29, 1.82) is 0 Å². The van der Waals surface area contributed by atoms with Crippen molar-refractivity contribution in [3.8, 4) is 0 Å². The highest BCUT2D eigenvalue weighted by Gasteiger charge is 2.76. The summed E-state index contributed by atoms with van der Waals surface area (Å²) in [7, 11) is 3.97. The van der Waals surface area contributed by atoms with Gasteiger partial charge in [0.25, 0.3) is 0 Å². The fourth-order valence-corrected chi connectivity index (χ4v) is 9.69. The van der Waals surface area contributed by atoms with E-state index in [1.807, 2.05) is 25.2 Å². The molecule has 2 aromatic rings. The van der Waals surface area contributed by atoms with Gasteiger partial charge < -0.3 is 19.8 Å². The van der Waals surface area contributed by atoms with Crippen LogP contribution in [0.1, 0.15) is 57.4 Å². The van der Waals surface area contributed by atoms with Gasteiger partial charge in [0.1, 0.15) is 6.33 Å². The monoisotopic (exact) mass is 509 g/mol. The van der Waals surface area contributed by atoms with Crippen LogP contribution in [0.3, 0.4) is 0 Å². The van der Waals surface area contributed by atoms with Crippen LogP contribution in [0.4, 0.5) is 0 Å². The van der Waals surface area contributed by atoms with E-state index in [1.54, 1.807) is 6.33 Å². The van der Waals surface area contributed by atoms with Gasteiger partial charge in [-0.05, 0) is 87.7 Å². The Morgan fingerprint density at radius 1 is 1.08 bits per heavy atom. The minimum Gasteiger partial charge on any atom is -0.390 e. The van der Waals surface area contributed by atoms with Gasteiger partial charge in [0.15, 0.2) is 0 Å². The number of hydrogen-bond donors (Lipinski definition) is 2. The van der Waals surface area contributed by atoms with Gasteiger partial charge in [-0.2, -0.15) is 0 Å². The van der Waals surface area contributed by atoms with Crippen molar-refractivity contribution in [3.63, 3.8) is 0 Å². The van der Waals surface area contributed by atoms with Crippen LogP contribution in [0.2, 0.25) is 0 Å². The summed E-state index contributed by atoms with van der Waals surface area (Å²) in [5.41, 5.74) is 2.72. The van der Waals surface area contributed by atoms with Crippen LogP contribution in [-0.2, 0) is 4.74 Å². The van der Waals surface area contributed by atoms with Crippen molar-refractivity contribution in [2.75, 3.05) is 14.1 Å². The molecule has 2 N–H and O–H groups in total. The molecule has 2 aliphatic heterocycles. The van der Waals surface area contributed by atoms with Gasteiger partial charge in [-0.1, -0.05) is 19.1 Å². The Morgan fingerprint density at radius 3 is 2.72 bits per heavy atom. The van der Waals surface area contributed by atoms with Gasteiger partial charge in [-0.15, -0.1) is 11.6 Å². The summed E-state index contributed by atoms with van der Waals surface area (Å²) in [4.78, 5) is 10.1. The summed E-state index contributed by atoms with van der Waals surface area (Å²) in [6, 6.07) is 6.40. The zero-order chi connectivity index (χ0) is 25.1. The van der Waals surface area contributed by atoms with Crippen LogP contribution >= 0.6 is 11.6 Å². The lowest BCUT2D eigenvalue weighted by Gasteiger charge is -2.65. The first-order valence-electron chi connectivity index (χ1n) is 13.5. The Bertz CT molecular complexity index is 1270. The van der Waals surface area contributed by atoms with Crippen molar-refractivity contribution in [2.24, 2.45) is 17.3 Å². The molecule has 2 bridgehead atoms. The average molecular weight is 510 g/mol. The van der Waals surface area contributed by atoms with Crippen molar-refractivity contribution in [2.45, 2.75) is 86.2 Å². The van der Waals surface area contributed by atoms with E-state index in [0.29, 0.717) is 6.42 Å². The number of allylic oxidation sites excluding steroid dienone is 2. The highest BCUT2D eigenvalue weighted by molar-refractivity contribution is 6.25. The average Bonchev–Trinajstić information content (AvgIpc) is 3.39. The van der Waals surface area contributed by atoms with Gasteiger partial charge >= 0.3 is 0 Å². The lowest BCUT2D eigenvalue weighted by atomic mass is 9.52. The van der Waals surface area contributed by atoms with Crippen molar-refractivity contribution in [1.82, 2.24) is 14.9 Å². The van der Waals surface area contributed by atoms with E-state index in [9.17, 15) is 10.2 Å². The molecule has 5 aliphatic rings. The summed E-state index contributed by atoms with van der Waals surface area (Å²) in [6.07, 6.45) is 10.4. The second-order valence-corrected chi connectivity index (χ2v) is 13.4. The number of aliphatic hydroxyl groups excluding tert-OH is 2. The molecule has 7 heteroatoms. The Hall–Kier alpha value is -1.57. The number of hydrogen-bond acceptors (Lipinski definition) is 6. The van der Waals surface area contributed by atoms with E-state index in [0.717, 1.165) is 49.4 Å². The molecule has 192 valence electrons. The zero-order valence-electron chi connectivity index (χ0n) is 21.3. The van der Waals surface area contributed by atoms with Gasteiger partial charge in [-0.3, -0.25) is 0 Å². The molecule has 3 aliphatic carbocycles. The third-order valence-corrected chi connectivity index (χ3v) is 11.7. The standard InChI is InChI=1S/C29H36ClN3O3/c1-26-8-10-28(30)13-20-24(34)25(35)22(33(2)3)14-27(20)9-11-29(28,36-27)23(26)7-5-19(26)17-4-6-21-18(12-17)15-31-16-32-21/h4-6,12,15-16,20,22-25,34-35H,7-11,13-14H2,1-3H3. The molecule has 9 unspecified atom stereocenters. The topological polar surface area (TPSA) is 78.7 Å². The maximum Gasteiger partial charge on any atom is 0.116 e. The van der Waals surface area contributed by atoms with Crippen molar-refractivity contribution in [3.05, 3.63) is 42.4 Å². The Kier molecular flexibility index (Phi) is 4.91. The number of nitrogens with zero attached hydrogens (tertiary/aromatic N) is 3. The maximum atomic E-state index is 11.3. The summed E-state index contributed by atoms with van der Waals surface area (Å²) < 4.78 is 7.33. The minimum absolute atomic E-state index is 0.0339. The number of aromatic nitrogens is 2. The van der Waals surface area contributed by atoms with E-state index in [4.69, 9.17) is 16.3 Å². The number of alkyl halides is 1. The molecular weight excluding hydrogens is 474 g/mol. The molecule has 4 fully saturated rings. The van der Waals surface area contributed by atoms with E-state index in [1.165, 1.54) is 11.1 Å². The third kappa shape index (κ3) is 2.83. The SMILES string of the molecule is CN(C)C1CC23CCC4(O2)C2CC=C(c5ccc6ncncc6c5)C2(C)CCC4(Cl)CC3C(O)C1O. The molecule has 3 heterocycles. The summed E-state index contributed by atoms with van der Waals surface area (Å²) >= 11 is 7.62. The number of benzene rings is 1. The number of halogens is 1. The number of ether oxygens (including phenoxy) is 1. The molecule has 2 saturated heterocycles. The molecule has 1 aromatic heterocycles. The number of likely N-dealkylation sites (N-methyl/N-ethyl adjacent to an activating group) is 1. The van der Waals surface area contributed by atoms with E-state index >= 15 is 0 Å². The fourth-order valence-electron chi connectivity index (χ4n) is 9.16. The molecule has 0 amide bonds. The van der Waals surface area contributed by atoms with Crippen LogP contribution in [0.5, 0.6) is 0 Å². The summed E-state index contributed by atoms with van der Waals surface area (Å²) in [5.74, 6) is 0.159. The largest absolute Gasteiger partial charge is 0.390 e. The third-order valence-electron chi connectivity index (χ3n) is 11.0. The second kappa shape index (κ2) is 7.51. The second-order valence-electron chi connectivity index (χ2n) is 12.7. The lowest BCUT2D eigenvalue weighted by Crippen LogP contribution is -2.72. The van der Waals surface area contributed by atoms with Crippen LogP contribution < -0.4 is 0 Å². The van der Waals surface area contributed by atoms with Gasteiger partial charge in [0.05, 0.1) is 33.8 Å². The van der Waals surface area contributed by atoms with E-state index < -0.39 is 28.3 Å². The highest BCUT2D eigenvalue weighted by Crippen LogP contribution is 2.73. The van der Waals surface area contributed by atoms with Crippen LogP contribution in [0.15, 0.2) is 36.8 Å². The van der Waals surface area contributed by atoms with Crippen molar-refractivity contribution >= 4 is 28.1 Å². The van der Waals surface area contributed by atoms with Crippen molar-refractivity contribution < 1.29 is 14.9 Å². The molecule has 6 nitrogen and oxygen atoms in total. The molecule has 1 aromatic carbocycles. The first-order valence-corrected chi connectivity index (χ1v) is 13.8. The number of fused-ring (bicyclic) bond motifs is 2. The minimum atomic E-state index is -0.816. The first kappa shape index (κ1) is 23.5. The zero-order valence-corrected chi connectivity index (χ0v) is 22.1. The Morgan fingerprint density at radius 2 is 1.92 bits per heavy atom. The molecule has 36 heavy (non-hydrogen) atoms. The van der Waals surface area contributed by atoms with Gasteiger partial charge in [0, 0.05) is 29.5 Å². The Balaban J connectivity index is 1.27. The predicted molar refractivity (Wildman–Crippen MR) is 140 cm³/mol. The summed E-state index contributed by atoms with van der Waals surface area (Å²) in [6.45, 7) is 2.41. The fraction of sp³-hybridized carbons (Fsp3) is 0.655. The quantitative estimate of drug-likeness (QED) is 0.591. The maximum absolute atomic E-state index is 11.3. The van der Waals surface area contributed by atoms with Gasteiger partial charge in [0.2, 0.25) is 0 Å².